The van der Waals surface area contributed by atoms with Gasteiger partial charge in [-0.15, -0.1) is 0 Å². The molecule has 0 spiro atoms. The second-order valence-electron chi connectivity index (χ2n) is 11.9. The van der Waals surface area contributed by atoms with Crippen LogP contribution in [0.25, 0.3) is 11.0 Å². The van der Waals surface area contributed by atoms with Crippen LogP contribution >= 0.6 is 0 Å². The fraction of sp³-hybridized carbons (Fsp3) is 0.769. The van der Waals surface area contributed by atoms with Gasteiger partial charge in [0.25, 0.3) is 0 Å². The largest absolute Gasteiger partial charge is 0.390 e. The first-order valence-electron chi connectivity index (χ1n) is 12.7. The SMILES string of the molecule is C[C@@]1(O)CC[C@H]2[C@H](CC[C@@H]3[C@@H]2CC[C@]2(C)[C@@H](C(=O)Cn4ncc5cncnc54)CC[C@@H]32)C1. The average molecular weight is 437 g/mol. The number of hydrogen-bond acceptors (Lipinski definition) is 5. The second-order valence-corrected chi connectivity index (χ2v) is 11.9. The lowest BCUT2D eigenvalue weighted by atomic mass is 9.49. The molecule has 0 aromatic carbocycles. The number of aliphatic hydroxyl groups is 1. The summed E-state index contributed by atoms with van der Waals surface area (Å²) in [6.45, 7) is 4.78. The van der Waals surface area contributed by atoms with E-state index in [1.54, 1.807) is 17.1 Å². The van der Waals surface area contributed by atoms with Gasteiger partial charge in [-0.25, -0.2) is 14.6 Å². The van der Waals surface area contributed by atoms with Crippen molar-refractivity contribution in [1.29, 1.82) is 0 Å². The Hall–Kier alpha value is -1.82. The van der Waals surface area contributed by atoms with Crippen LogP contribution in [0.3, 0.4) is 0 Å². The van der Waals surface area contributed by atoms with E-state index in [1.165, 1.54) is 44.9 Å². The van der Waals surface area contributed by atoms with Gasteiger partial charge in [-0.2, -0.15) is 5.10 Å². The highest BCUT2D eigenvalue weighted by Gasteiger charge is 2.58. The monoisotopic (exact) mass is 436 g/mol. The number of nitrogens with zero attached hydrogens (tertiary/aromatic N) is 4. The number of carbonyl (C=O) groups excluding carboxylic acids is 1. The van der Waals surface area contributed by atoms with Crippen molar-refractivity contribution >= 4 is 16.8 Å². The molecule has 0 amide bonds. The number of aromatic nitrogens is 4. The van der Waals surface area contributed by atoms with Crippen molar-refractivity contribution in [2.45, 2.75) is 83.8 Å². The van der Waals surface area contributed by atoms with E-state index in [9.17, 15) is 9.90 Å². The molecule has 0 saturated heterocycles. The van der Waals surface area contributed by atoms with Gasteiger partial charge in [0.05, 0.1) is 17.2 Å². The van der Waals surface area contributed by atoms with Crippen molar-refractivity contribution < 1.29 is 9.90 Å². The summed E-state index contributed by atoms with van der Waals surface area (Å²) < 4.78 is 1.76. The van der Waals surface area contributed by atoms with Crippen molar-refractivity contribution in [1.82, 2.24) is 19.7 Å². The van der Waals surface area contributed by atoms with E-state index >= 15 is 0 Å². The molecule has 8 atom stereocenters. The third-order valence-corrected chi connectivity index (χ3v) is 10.2. The van der Waals surface area contributed by atoms with E-state index < -0.39 is 5.60 Å². The molecule has 0 radical (unpaired) electrons. The van der Waals surface area contributed by atoms with Crippen LogP contribution in [0.4, 0.5) is 0 Å². The zero-order valence-electron chi connectivity index (χ0n) is 19.4. The fourth-order valence-electron chi connectivity index (χ4n) is 8.81. The Morgan fingerprint density at radius 3 is 2.78 bits per heavy atom. The van der Waals surface area contributed by atoms with Crippen molar-refractivity contribution in [2.24, 2.45) is 40.9 Å². The Balaban J connectivity index is 1.20. The molecule has 2 aromatic heterocycles. The van der Waals surface area contributed by atoms with E-state index in [0.29, 0.717) is 24.2 Å². The zero-order chi connectivity index (χ0) is 22.1. The maximum atomic E-state index is 13.5. The molecular weight excluding hydrogens is 400 g/mol. The maximum Gasteiger partial charge on any atom is 0.161 e. The molecule has 4 saturated carbocycles. The van der Waals surface area contributed by atoms with E-state index in [1.807, 2.05) is 6.92 Å². The highest BCUT2D eigenvalue weighted by atomic mass is 16.3. The van der Waals surface area contributed by atoms with E-state index in [4.69, 9.17) is 0 Å². The van der Waals surface area contributed by atoms with Gasteiger partial charge in [-0.05, 0) is 99.7 Å². The van der Waals surface area contributed by atoms with Gasteiger partial charge in [0.1, 0.15) is 12.9 Å². The van der Waals surface area contributed by atoms with Gasteiger partial charge < -0.3 is 5.11 Å². The summed E-state index contributed by atoms with van der Waals surface area (Å²) in [5.74, 6) is 4.23. The number of carbonyl (C=O) groups is 1. The van der Waals surface area contributed by atoms with E-state index in [0.717, 1.165) is 48.0 Å². The number of Topliss-reactive ketones (excluding diaryl/α,β-unsaturated/α-hetero) is 1. The molecule has 2 heterocycles. The van der Waals surface area contributed by atoms with Crippen LogP contribution in [-0.2, 0) is 11.3 Å². The smallest absolute Gasteiger partial charge is 0.161 e. The van der Waals surface area contributed by atoms with Crippen LogP contribution in [0.2, 0.25) is 0 Å². The quantitative estimate of drug-likeness (QED) is 0.771. The highest BCUT2D eigenvalue weighted by Crippen LogP contribution is 2.64. The minimum atomic E-state index is -0.455. The molecule has 4 aliphatic rings. The lowest BCUT2D eigenvalue weighted by Gasteiger charge is -2.56. The number of ketones is 1. The van der Waals surface area contributed by atoms with Gasteiger partial charge >= 0.3 is 0 Å². The minimum Gasteiger partial charge on any atom is -0.390 e. The van der Waals surface area contributed by atoms with Crippen LogP contribution in [-0.4, -0.2) is 36.2 Å². The van der Waals surface area contributed by atoms with Crippen LogP contribution in [0.5, 0.6) is 0 Å². The molecule has 4 fully saturated rings. The second kappa shape index (κ2) is 7.34. The van der Waals surface area contributed by atoms with Crippen LogP contribution in [0, 0.1) is 40.9 Å². The topological polar surface area (TPSA) is 80.9 Å². The first-order valence-corrected chi connectivity index (χ1v) is 12.7. The Labute approximate surface area is 190 Å². The first-order chi connectivity index (χ1) is 15.4. The molecule has 6 heteroatoms. The molecule has 6 rings (SSSR count). The number of hydrogen-bond donors (Lipinski definition) is 1. The Morgan fingerprint density at radius 1 is 1.06 bits per heavy atom. The van der Waals surface area contributed by atoms with Crippen LogP contribution in [0.15, 0.2) is 18.7 Å². The predicted molar refractivity (Wildman–Crippen MR) is 122 cm³/mol. The van der Waals surface area contributed by atoms with Gasteiger partial charge in [-0.3, -0.25) is 4.79 Å². The fourth-order valence-corrected chi connectivity index (χ4v) is 8.81. The first kappa shape index (κ1) is 20.8. The molecule has 1 N–H and O–H groups in total. The summed E-state index contributed by atoms with van der Waals surface area (Å²) in [7, 11) is 0. The molecule has 6 nitrogen and oxygen atoms in total. The molecule has 0 aliphatic heterocycles. The lowest BCUT2D eigenvalue weighted by Crippen LogP contribution is -2.51. The van der Waals surface area contributed by atoms with Crippen molar-refractivity contribution in [3.05, 3.63) is 18.7 Å². The molecule has 2 aromatic rings. The van der Waals surface area contributed by atoms with Crippen molar-refractivity contribution in [3.8, 4) is 0 Å². The summed E-state index contributed by atoms with van der Waals surface area (Å²) in [6, 6.07) is 0. The summed E-state index contributed by atoms with van der Waals surface area (Å²) in [6.07, 6.45) is 15.4. The normalized spacial score (nSPS) is 43.5. The molecule has 172 valence electrons. The molecule has 0 bridgehead atoms. The van der Waals surface area contributed by atoms with Gasteiger partial charge in [0, 0.05) is 12.1 Å². The predicted octanol–water partition coefficient (Wildman–Crippen LogP) is 4.42. The van der Waals surface area contributed by atoms with Gasteiger partial charge in [-0.1, -0.05) is 6.92 Å². The summed E-state index contributed by atoms with van der Waals surface area (Å²) >= 11 is 0. The van der Waals surface area contributed by atoms with Crippen molar-refractivity contribution in [3.63, 3.8) is 0 Å². The zero-order valence-corrected chi connectivity index (χ0v) is 19.4. The summed E-state index contributed by atoms with van der Waals surface area (Å²) in [5, 5.41) is 15.9. The third kappa shape index (κ3) is 3.16. The van der Waals surface area contributed by atoms with Gasteiger partial charge in [0.2, 0.25) is 0 Å². The standard InChI is InChI=1S/C26H36N4O2/c1-25(32)9-7-18-16(11-25)3-4-20-19(18)8-10-26(2)21(20)5-6-22(26)23(31)14-30-24-17(13-29-30)12-27-15-28-24/h12-13,15-16,18-22,32H,3-11,14H2,1-2H3/t16-,18+,19-,20-,21+,22-,25-,26+/m1/s1. The van der Waals surface area contributed by atoms with E-state index in [2.05, 4.69) is 22.0 Å². The summed E-state index contributed by atoms with van der Waals surface area (Å²) in [5.41, 5.74) is 0.426. The lowest BCUT2D eigenvalue weighted by molar-refractivity contribution is -0.133. The molecular formula is C26H36N4O2. The average Bonchev–Trinajstić information content (AvgIpc) is 3.33. The van der Waals surface area contributed by atoms with Crippen molar-refractivity contribution in [2.75, 3.05) is 0 Å². The Morgan fingerprint density at radius 2 is 1.91 bits per heavy atom. The van der Waals surface area contributed by atoms with Crippen LogP contribution < -0.4 is 0 Å². The Bertz CT molecular complexity index is 1030. The highest BCUT2D eigenvalue weighted by molar-refractivity contribution is 5.83. The molecule has 32 heavy (non-hydrogen) atoms. The van der Waals surface area contributed by atoms with E-state index in [-0.39, 0.29) is 11.3 Å². The van der Waals surface area contributed by atoms with Gasteiger partial charge in [0.15, 0.2) is 11.4 Å². The minimum absolute atomic E-state index is 0.128. The maximum absolute atomic E-state index is 13.5. The molecule has 4 aliphatic carbocycles. The molecule has 0 unspecified atom stereocenters. The van der Waals surface area contributed by atoms with Crippen LogP contribution in [0.1, 0.15) is 71.6 Å². The Kier molecular flexibility index (Phi) is 4.76. The summed E-state index contributed by atoms with van der Waals surface area (Å²) in [4.78, 5) is 21.9. The number of rotatable bonds is 3. The third-order valence-electron chi connectivity index (χ3n) is 10.2. The number of fused-ring (bicyclic) bond motifs is 6.